The van der Waals surface area contributed by atoms with Gasteiger partial charge in [-0.2, -0.15) is 0 Å². The Hall–Kier alpha value is -2.87. The predicted molar refractivity (Wildman–Crippen MR) is 120 cm³/mol. The Labute approximate surface area is 187 Å². The summed E-state index contributed by atoms with van der Waals surface area (Å²) in [6.45, 7) is 8.50. The Kier molecular flexibility index (Phi) is 6.69. The smallest absolute Gasteiger partial charge is 0.410 e. The number of carbonyl (C=O) groups is 3. The van der Waals surface area contributed by atoms with Crippen molar-refractivity contribution < 1.29 is 19.1 Å². The number of carbonyl (C=O) groups excluding carboxylic acids is 3. The molecule has 0 aliphatic carbocycles. The number of rotatable bonds is 3. The van der Waals surface area contributed by atoms with Crippen molar-refractivity contribution in [1.82, 2.24) is 15.1 Å². The van der Waals surface area contributed by atoms with E-state index >= 15 is 0 Å². The summed E-state index contributed by atoms with van der Waals surface area (Å²) in [5.41, 5.74) is 1.75. The Balaban J connectivity index is 1.93. The molecule has 0 radical (unpaired) electrons. The Morgan fingerprint density at radius 3 is 2.52 bits per heavy atom. The average molecular weight is 444 g/mol. The van der Waals surface area contributed by atoms with Crippen LogP contribution in [0.1, 0.15) is 58.0 Å². The fourth-order valence-electron chi connectivity index (χ4n) is 3.52. The molecule has 2 aromatic rings. The lowest BCUT2D eigenvalue weighted by Gasteiger charge is -2.41. The highest BCUT2D eigenvalue weighted by molar-refractivity contribution is 7.12. The molecule has 3 amide bonds. The van der Waals surface area contributed by atoms with E-state index in [4.69, 9.17) is 4.74 Å². The first-order valence-corrected chi connectivity index (χ1v) is 11.1. The third-order valence-electron chi connectivity index (χ3n) is 4.99. The van der Waals surface area contributed by atoms with Crippen LogP contribution in [-0.2, 0) is 4.74 Å². The first-order valence-electron chi connectivity index (χ1n) is 10.2. The first kappa shape index (κ1) is 22.8. The minimum atomic E-state index is -0.604. The van der Waals surface area contributed by atoms with E-state index in [2.05, 4.69) is 5.32 Å². The molecule has 1 saturated heterocycles. The summed E-state index contributed by atoms with van der Waals surface area (Å²) in [6.07, 6.45) is -0.404. The van der Waals surface area contributed by atoms with E-state index in [9.17, 15) is 14.4 Å². The van der Waals surface area contributed by atoms with Crippen molar-refractivity contribution in [1.29, 1.82) is 0 Å². The van der Waals surface area contributed by atoms with Crippen LogP contribution in [0, 0.1) is 6.92 Å². The van der Waals surface area contributed by atoms with Gasteiger partial charge in [0.15, 0.2) is 0 Å². The monoisotopic (exact) mass is 443 g/mol. The Morgan fingerprint density at radius 2 is 1.90 bits per heavy atom. The second kappa shape index (κ2) is 9.09. The summed E-state index contributed by atoms with van der Waals surface area (Å²) in [6, 6.07) is 8.68. The predicted octanol–water partition coefficient (Wildman–Crippen LogP) is 3.85. The van der Waals surface area contributed by atoms with Gasteiger partial charge in [-0.25, -0.2) is 4.79 Å². The Bertz CT molecular complexity index is 979. The number of hydrogen-bond donors (Lipinski definition) is 1. The minimum absolute atomic E-state index is 0.0720. The molecule has 2 heterocycles. The lowest BCUT2D eigenvalue weighted by Crippen LogP contribution is -2.53. The number of benzene rings is 1. The van der Waals surface area contributed by atoms with Crippen LogP contribution < -0.4 is 5.32 Å². The van der Waals surface area contributed by atoms with Gasteiger partial charge in [0.25, 0.3) is 11.8 Å². The summed E-state index contributed by atoms with van der Waals surface area (Å²) < 4.78 is 5.55. The summed E-state index contributed by atoms with van der Waals surface area (Å²) >= 11 is 1.41. The molecule has 1 aromatic carbocycles. The van der Waals surface area contributed by atoms with Crippen molar-refractivity contribution >= 4 is 29.2 Å². The lowest BCUT2D eigenvalue weighted by atomic mass is 9.99. The topological polar surface area (TPSA) is 79.0 Å². The van der Waals surface area contributed by atoms with Crippen molar-refractivity contribution in [3.8, 4) is 0 Å². The molecule has 0 bridgehead atoms. The van der Waals surface area contributed by atoms with Crippen molar-refractivity contribution in [2.75, 3.05) is 26.7 Å². The van der Waals surface area contributed by atoms with Crippen LogP contribution in [-0.4, -0.2) is 60.0 Å². The molecular weight excluding hydrogens is 414 g/mol. The standard InChI is InChI=1S/C23H29N3O4S/c1-15-11-19(31-14-15)21(28)26-10-9-25(22(29)30-23(2,3)4)13-18(26)16-7-6-8-17(12-16)20(27)24-5/h6-8,11-12,14,18H,9-10,13H2,1-5H3,(H,24,27)/t18-/m1/s1. The van der Waals surface area contributed by atoms with Crippen molar-refractivity contribution in [2.24, 2.45) is 0 Å². The van der Waals surface area contributed by atoms with Gasteiger partial charge >= 0.3 is 6.09 Å². The van der Waals surface area contributed by atoms with Crippen molar-refractivity contribution in [3.63, 3.8) is 0 Å². The molecule has 1 N–H and O–H groups in total. The first-order chi connectivity index (χ1) is 14.6. The van der Waals surface area contributed by atoms with E-state index in [1.807, 2.05) is 45.2 Å². The number of thiophene rings is 1. The molecule has 8 heteroatoms. The minimum Gasteiger partial charge on any atom is -0.444 e. The highest BCUT2D eigenvalue weighted by Gasteiger charge is 2.36. The molecule has 0 unspecified atom stereocenters. The molecule has 1 fully saturated rings. The van der Waals surface area contributed by atoms with E-state index in [1.165, 1.54) is 11.3 Å². The average Bonchev–Trinajstić information content (AvgIpc) is 3.17. The third kappa shape index (κ3) is 5.44. The van der Waals surface area contributed by atoms with Crippen LogP contribution in [0.5, 0.6) is 0 Å². The van der Waals surface area contributed by atoms with Crippen LogP contribution in [0.3, 0.4) is 0 Å². The van der Waals surface area contributed by atoms with Gasteiger partial charge in [-0.1, -0.05) is 12.1 Å². The number of piperazine rings is 1. The van der Waals surface area contributed by atoms with Gasteiger partial charge in [0.1, 0.15) is 5.60 Å². The summed E-state index contributed by atoms with van der Waals surface area (Å²) in [4.78, 5) is 42.2. The van der Waals surface area contributed by atoms with Gasteiger partial charge in [0.2, 0.25) is 0 Å². The molecule has 0 saturated carbocycles. The number of amides is 3. The van der Waals surface area contributed by atoms with Crippen LogP contribution in [0.4, 0.5) is 4.79 Å². The number of aryl methyl sites for hydroxylation is 1. The van der Waals surface area contributed by atoms with Gasteiger partial charge in [0, 0.05) is 32.2 Å². The van der Waals surface area contributed by atoms with Gasteiger partial charge in [0.05, 0.1) is 10.9 Å². The molecule has 7 nitrogen and oxygen atoms in total. The van der Waals surface area contributed by atoms with Crippen LogP contribution in [0.25, 0.3) is 0 Å². The van der Waals surface area contributed by atoms with E-state index in [-0.39, 0.29) is 17.9 Å². The number of ether oxygens (including phenoxy) is 1. The molecule has 0 spiro atoms. The highest BCUT2D eigenvalue weighted by atomic mass is 32.1. The maximum Gasteiger partial charge on any atom is 0.410 e. The molecule has 166 valence electrons. The molecule has 1 aliphatic heterocycles. The maximum absolute atomic E-state index is 13.3. The van der Waals surface area contributed by atoms with Crippen LogP contribution in [0.15, 0.2) is 35.7 Å². The molecule has 1 aliphatic rings. The van der Waals surface area contributed by atoms with Gasteiger partial charge in [-0.15, -0.1) is 11.3 Å². The van der Waals surface area contributed by atoms with Gasteiger partial charge in [-0.05, 0) is 62.4 Å². The second-order valence-electron chi connectivity index (χ2n) is 8.63. The zero-order valence-electron chi connectivity index (χ0n) is 18.6. The number of nitrogens with one attached hydrogen (secondary N) is 1. The number of hydrogen-bond acceptors (Lipinski definition) is 5. The zero-order chi connectivity index (χ0) is 22.8. The van der Waals surface area contributed by atoms with Crippen LogP contribution in [0.2, 0.25) is 0 Å². The fourth-order valence-corrected chi connectivity index (χ4v) is 4.37. The largest absolute Gasteiger partial charge is 0.444 e. The lowest BCUT2D eigenvalue weighted by molar-refractivity contribution is 0.00417. The van der Waals surface area contributed by atoms with Crippen molar-refractivity contribution in [2.45, 2.75) is 39.3 Å². The van der Waals surface area contributed by atoms with E-state index in [0.29, 0.717) is 30.1 Å². The molecular formula is C23H29N3O4S. The molecule has 31 heavy (non-hydrogen) atoms. The normalized spacial score (nSPS) is 16.7. The third-order valence-corrected chi connectivity index (χ3v) is 6.03. The summed E-state index contributed by atoms with van der Waals surface area (Å²) in [5.74, 6) is -0.272. The van der Waals surface area contributed by atoms with E-state index in [0.717, 1.165) is 11.1 Å². The van der Waals surface area contributed by atoms with Gasteiger partial charge < -0.3 is 19.9 Å². The van der Waals surface area contributed by atoms with Crippen LogP contribution >= 0.6 is 11.3 Å². The Morgan fingerprint density at radius 1 is 1.16 bits per heavy atom. The number of nitrogens with zero attached hydrogens (tertiary/aromatic N) is 2. The summed E-state index contributed by atoms with van der Waals surface area (Å²) in [5, 5.41) is 4.57. The molecule has 1 aromatic heterocycles. The molecule has 1 atom stereocenters. The highest BCUT2D eigenvalue weighted by Crippen LogP contribution is 2.30. The van der Waals surface area contributed by atoms with Crippen molar-refractivity contribution in [3.05, 3.63) is 57.3 Å². The van der Waals surface area contributed by atoms with E-state index in [1.54, 1.807) is 35.0 Å². The second-order valence-corrected chi connectivity index (χ2v) is 9.54. The maximum atomic E-state index is 13.3. The van der Waals surface area contributed by atoms with E-state index < -0.39 is 11.7 Å². The van der Waals surface area contributed by atoms with Gasteiger partial charge in [-0.3, -0.25) is 9.59 Å². The SMILES string of the molecule is CNC(=O)c1cccc([C@H]2CN(C(=O)OC(C)(C)C)CCN2C(=O)c2cc(C)cs2)c1. The zero-order valence-corrected chi connectivity index (χ0v) is 19.4. The quantitative estimate of drug-likeness (QED) is 0.782. The summed E-state index contributed by atoms with van der Waals surface area (Å²) in [7, 11) is 1.58. The fraction of sp³-hybridized carbons (Fsp3) is 0.435. The molecule has 3 rings (SSSR count).